The van der Waals surface area contributed by atoms with Crippen molar-refractivity contribution >= 4 is 0 Å². The van der Waals surface area contributed by atoms with Crippen molar-refractivity contribution in [3.63, 3.8) is 0 Å². The Bertz CT molecular complexity index is 414. The molecule has 1 aromatic carbocycles. The van der Waals surface area contributed by atoms with E-state index in [0.717, 1.165) is 12.8 Å². The molecule has 16 heavy (non-hydrogen) atoms. The number of hydrogen-bond donors (Lipinski definition) is 3. The highest BCUT2D eigenvalue weighted by Crippen LogP contribution is 2.47. The normalized spacial score (nSPS) is 30.9. The molecule has 86 valence electrons. The maximum absolute atomic E-state index is 10.7. The fraction of sp³-hybridized carbons (Fsp3) is 0.538. The van der Waals surface area contributed by atoms with Crippen LogP contribution in [0.25, 0.3) is 0 Å². The van der Waals surface area contributed by atoms with Gasteiger partial charge in [0.15, 0.2) is 0 Å². The lowest BCUT2D eigenvalue weighted by Gasteiger charge is -2.51. The van der Waals surface area contributed by atoms with Crippen LogP contribution in [0.15, 0.2) is 24.3 Å². The smallest absolute Gasteiger partial charge is 0.100 e. The first kappa shape index (κ1) is 10.3. The summed E-state index contributed by atoms with van der Waals surface area (Å²) in [6.07, 6.45) is 2.01. The van der Waals surface area contributed by atoms with E-state index in [4.69, 9.17) is 5.73 Å². The molecule has 0 bridgehead atoms. The number of aryl methyl sites for hydroxylation is 1. The first-order chi connectivity index (χ1) is 7.72. The zero-order valence-corrected chi connectivity index (χ0v) is 9.37. The molecule has 1 aliphatic heterocycles. The quantitative estimate of drug-likeness (QED) is 0.663. The molecule has 0 radical (unpaired) electrons. The first-order valence-corrected chi connectivity index (χ1v) is 5.93. The molecule has 1 heterocycles. The minimum absolute atomic E-state index is 0.227. The van der Waals surface area contributed by atoms with E-state index in [2.05, 4.69) is 23.5 Å². The molecule has 1 atom stereocenters. The summed E-state index contributed by atoms with van der Waals surface area (Å²) < 4.78 is 0. The minimum atomic E-state index is -0.644. The Hall–Kier alpha value is -0.900. The second kappa shape index (κ2) is 3.29. The van der Waals surface area contributed by atoms with E-state index in [-0.39, 0.29) is 5.41 Å². The Kier molecular flexibility index (Phi) is 2.11. The number of β-amino-alcohol motifs (C(OH)–C–C–N with tert-alkyl or cyclic N) is 1. The van der Waals surface area contributed by atoms with Crippen LogP contribution in [0.1, 0.15) is 17.5 Å². The second-order valence-corrected chi connectivity index (χ2v) is 5.08. The van der Waals surface area contributed by atoms with Crippen molar-refractivity contribution in [1.82, 2.24) is 5.32 Å². The lowest BCUT2D eigenvalue weighted by atomic mass is 9.65. The van der Waals surface area contributed by atoms with Gasteiger partial charge < -0.3 is 16.2 Å². The van der Waals surface area contributed by atoms with Crippen molar-refractivity contribution in [1.29, 1.82) is 0 Å². The predicted octanol–water partition coefficient (Wildman–Crippen LogP) is 0.164. The molecule has 2 aliphatic rings. The van der Waals surface area contributed by atoms with Gasteiger partial charge >= 0.3 is 0 Å². The maximum Gasteiger partial charge on any atom is 0.100 e. The molecular formula is C13H18N2O. The van der Waals surface area contributed by atoms with Crippen molar-refractivity contribution in [2.75, 3.05) is 19.6 Å². The van der Waals surface area contributed by atoms with Gasteiger partial charge in [-0.1, -0.05) is 24.3 Å². The molecule has 1 unspecified atom stereocenters. The third kappa shape index (κ3) is 1.08. The molecule has 0 amide bonds. The van der Waals surface area contributed by atoms with Gasteiger partial charge in [0, 0.05) is 25.0 Å². The molecule has 1 fully saturated rings. The number of nitrogens with two attached hydrogens (primary N) is 1. The summed E-state index contributed by atoms with van der Waals surface area (Å²) in [5, 5.41) is 13.8. The van der Waals surface area contributed by atoms with Crippen molar-refractivity contribution in [3.8, 4) is 0 Å². The summed E-state index contributed by atoms with van der Waals surface area (Å²) in [6, 6.07) is 8.40. The summed E-state index contributed by atoms with van der Waals surface area (Å²) in [4.78, 5) is 0. The van der Waals surface area contributed by atoms with Crippen LogP contribution in [0, 0.1) is 0 Å². The molecule has 4 N–H and O–H groups in total. The highest BCUT2D eigenvalue weighted by molar-refractivity contribution is 5.44. The molecule has 0 spiro atoms. The monoisotopic (exact) mass is 218 g/mol. The molecule has 3 rings (SSSR count). The van der Waals surface area contributed by atoms with E-state index in [9.17, 15) is 5.11 Å². The molecule has 3 heteroatoms. The number of nitrogens with one attached hydrogen (secondary N) is 1. The summed E-state index contributed by atoms with van der Waals surface area (Å²) in [5.74, 6) is 0. The SMILES string of the molecule is NCC1(C2(O)CNC2)CCc2ccccc21. The molecule has 3 nitrogen and oxygen atoms in total. The van der Waals surface area contributed by atoms with Crippen LogP contribution in [0.2, 0.25) is 0 Å². The van der Waals surface area contributed by atoms with Crippen LogP contribution >= 0.6 is 0 Å². The van der Waals surface area contributed by atoms with Crippen LogP contribution in [0.3, 0.4) is 0 Å². The van der Waals surface area contributed by atoms with Gasteiger partial charge in [0.2, 0.25) is 0 Å². The Balaban J connectivity index is 2.11. The highest BCUT2D eigenvalue weighted by atomic mass is 16.3. The number of hydrogen-bond acceptors (Lipinski definition) is 3. The van der Waals surface area contributed by atoms with Crippen LogP contribution in [0.5, 0.6) is 0 Å². The lowest BCUT2D eigenvalue weighted by molar-refractivity contribution is -0.0776. The molecule has 1 aromatic rings. The van der Waals surface area contributed by atoms with Crippen LogP contribution < -0.4 is 11.1 Å². The van der Waals surface area contributed by atoms with Gasteiger partial charge in [-0.2, -0.15) is 0 Å². The van der Waals surface area contributed by atoms with Crippen LogP contribution in [-0.4, -0.2) is 30.3 Å². The fourth-order valence-corrected chi connectivity index (χ4v) is 3.27. The van der Waals surface area contributed by atoms with E-state index in [0.29, 0.717) is 19.6 Å². The zero-order valence-electron chi connectivity index (χ0n) is 9.37. The van der Waals surface area contributed by atoms with E-state index in [1.165, 1.54) is 11.1 Å². The molecule has 1 aliphatic carbocycles. The third-order valence-corrected chi connectivity index (χ3v) is 4.43. The van der Waals surface area contributed by atoms with Crippen LogP contribution in [-0.2, 0) is 11.8 Å². The first-order valence-electron chi connectivity index (χ1n) is 5.93. The summed E-state index contributed by atoms with van der Waals surface area (Å²) >= 11 is 0. The van der Waals surface area contributed by atoms with Gasteiger partial charge in [0.25, 0.3) is 0 Å². The molecule has 1 saturated heterocycles. The Morgan fingerprint density at radius 1 is 1.31 bits per heavy atom. The Morgan fingerprint density at radius 2 is 2.06 bits per heavy atom. The minimum Gasteiger partial charge on any atom is -0.386 e. The Morgan fingerprint density at radius 3 is 2.69 bits per heavy atom. The average Bonchev–Trinajstić information content (AvgIpc) is 2.66. The predicted molar refractivity (Wildman–Crippen MR) is 63.3 cm³/mol. The van der Waals surface area contributed by atoms with Gasteiger partial charge in [-0.05, 0) is 24.0 Å². The van der Waals surface area contributed by atoms with Gasteiger partial charge in [-0.3, -0.25) is 0 Å². The summed E-state index contributed by atoms with van der Waals surface area (Å²) in [7, 11) is 0. The fourth-order valence-electron chi connectivity index (χ4n) is 3.27. The van der Waals surface area contributed by atoms with E-state index in [1.54, 1.807) is 0 Å². The van der Waals surface area contributed by atoms with Crippen molar-refractivity contribution < 1.29 is 5.11 Å². The number of rotatable bonds is 2. The molecule has 0 aromatic heterocycles. The van der Waals surface area contributed by atoms with Gasteiger partial charge in [-0.15, -0.1) is 0 Å². The van der Waals surface area contributed by atoms with E-state index >= 15 is 0 Å². The number of benzene rings is 1. The molecular weight excluding hydrogens is 200 g/mol. The average molecular weight is 218 g/mol. The molecule has 0 saturated carbocycles. The second-order valence-electron chi connectivity index (χ2n) is 5.08. The van der Waals surface area contributed by atoms with Crippen molar-refractivity contribution in [2.24, 2.45) is 5.73 Å². The zero-order chi connectivity index (χ0) is 11.2. The van der Waals surface area contributed by atoms with Gasteiger partial charge in [0.1, 0.15) is 5.60 Å². The summed E-state index contributed by atoms with van der Waals surface area (Å²) in [5.41, 5.74) is 7.74. The van der Waals surface area contributed by atoms with E-state index in [1.807, 2.05) is 6.07 Å². The van der Waals surface area contributed by atoms with Gasteiger partial charge in [-0.25, -0.2) is 0 Å². The van der Waals surface area contributed by atoms with Crippen molar-refractivity contribution in [3.05, 3.63) is 35.4 Å². The largest absolute Gasteiger partial charge is 0.386 e. The topological polar surface area (TPSA) is 58.3 Å². The number of fused-ring (bicyclic) bond motifs is 1. The standard InChI is InChI=1S/C13H18N2O/c14-7-12(13(16)8-15-9-13)6-5-10-3-1-2-4-11(10)12/h1-4,15-16H,5-9,14H2. The maximum atomic E-state index is 10.7. The summed E-state index contributed by atoms with van der Waals surface area (Å²) in [6.45, 7) is 1.86. The van der Waals surface area contributed by atoms with E-state index < -0.39 is 5.60 Å². The third-order valence-electron chi connectivity index (χ3n) is 4.43. The number of aliphatic hydroxyl groups is 1. The van der Waals surface area contributed by atoms with Crippen molar-refractivity contribution in [2.45, 2.75) is 23.9 Å². The lowest BCUT2D eigenvalue weighted by Crippen LogP contribution is -2.71. The van der Waals surface area contributed by atoms with Crippen LogP contribution in [0.4, 0.5) is 0 Å². The van der Waals surface area contributed by atoms with Gasteiger partial charge in [0.05, 0.1) is 0 Å². The Labute approximate surface area is 95.7 Å². The highest BCUT2D eigenvalue weighted by Gasteiger charge is 2.56.